The van der Waals surface area contributed by atoms with Crippen LogP contribution in [0.4, 0.5) is 22.0 Å². The summed E-state index contributed by atoms with van der Waals surface area (Å²) in [6, 6.07) is 8.03. The van der Waals surface area contributed by atoms with E-state index in [0.717, 1.165) is 24.3 Å². The Bertz CT molecular complexity index is 619. The largest absolute Gasteiger partial charge is 0.416 e. The molecule has 0 nitrogen and oxygen atoms in total. The van der Waals surface area contributed by atoms with Crippen LogP contribution in [-0.4, -0.2) is 0 Å². The van der Waals surface area contributed by atoms with Crippen molar-refractivity contribution in [2.45, 2.75) is 12.6 Å². The highest BCUT2D eigenvalue weighted by Gasteiger charge is 2.30. The maximum Gasteiger partial charge on any atom is 0.416 e. The van der Waals surface area contributed by atoms with Gasteiger partial charge in [-0.05, 0) is 41.5 Å². The molecule has 0 bridgehead atoms. The van der Waals surface area contributed by atoms with E-state index in [1.165, 1.54) is 18.2 Å². The first-order valence-corrected chi connectivity index (χ1v) is 5.91. The summed E-state index contributed by atoms with van der Waals surface area (Å²) in [6.45, 7) is 0. The van der Waals surface area contributed by atoms with E-state index in [1.807, 2.05) is 0 Å². The molecule has 2 rings (SSSR count). The van der Waals surface area contributed by atoms with Gasteiger partial charge in [0.15, 0.2) is 0 Å². The van der Waals surface area contributed by atoms with Gasteiger partial charge in [-0.3, -0.25) is 0 Å². The quantitative estimate of drug-likeness (QED) is 0.600. The molecule has 0 heterocycles. The molecule has 2 aromatic rings. The SMILES string of the molecule is FC(F)c1cc(Cl)cc(-c2cccc(C(F)(F)F)c2)c1. The highest BCUT2D eigenvalue weighted by Crippen LogP contribution is 2.34. The zero-order valence-corrected chi connectivity index (χ0v) is 10.6. The predicted octanol–water partition coefficient (Wildman–Crippen LogP) is 5.96. The number of alkyl halides is 5. The second-order valence-electron chi connectivity index (χ2n) is 4.15. The molecule has 0 aromatic heterocycles. The summed E-state index contributed by atoms with van der Waals surface area (Å²) in [4.78, 5) is 0. The molecule has 0 saturated heterocycles. The molecule has 0 N–H and O–H groups in total. The van der Waals surface area contributed by atoms with Crippen molar-refractivity contribution < 1.29 is 22.0 Å². The Labute approximate surface area is 116 Å². The van der Waals surface area contributed by atoms with Crippen LogP contribution in [-0.2, 0) is 6.18 Å². The highest BCUT2D eigenvalue weighted by atomic mass is 35.5. The highest BCUT2D eigenvalue weighted by molar-refractivity contribution is 6.31. The lowest BCUT2D eigenvalue weighted by atomic mass is 10.0. The predicted molar refractivity (Wildman–Crippen MR) is 66.8 cm³/mol. The lowest BCUT2D eigenvalue weighted by molar-refractivity contribution is -0.137. The number of rotatable bonds is 2. The van der Waals surface area contributed by atoms with Crippen molar-refractivity contribution in [3.05, 3.63) is 58.6 Å². The summed E-state index contributed by atoms with van der Waals surface area (Å²) in [7, 11) is 0. The summed E-state index contributed by atoms with van der Waals surface area (Å²) in [6.07, 6.45) is -7.22. The molecule has 0 aliphatic rings. The van der Waals surface area contributed by atoms with Gasteiger partial charge in [-0.15, -0.1) is 0 Å². The van der Waals surface area contributed by atoms with Crippen molar-refractivity contribution in [1.82, 2.24) is 0 Å². The zero-order chi connectivity index (χ0) is 14.9. The second-order valence-corrected chi connectivity index (χ2v) is 4.59. The molecule has 2 aromatic carbocycles. The fourth-order valence-electron chi connectivity index (χ4n) is 1.78. The average molecular weight is 307 g/mol. The van der Waals surface area contributed by atoms with Crippen molar-refractivity contribution in [2.75, 3.05) is 0 Å². The minimum absolute atomic E-state index is 0.0511. The molecule has 106 valence electrons. The summed E-state index contributed by atoms with van der Waals surface area (Å²) in [5.41, 5.74) is -0.762. The van der Waals surface area contributed by atoms with E-state index in [4.69, 9.17) is 11.6 Å². The smallest absolute Gasteiger partial charge is 0.205 e. The van der Waals surface area contributed by atoms with Gasteiger partial charge in [0.1, 0.15) is 0 Å². The standard InChI is InChI=1S/C14H8ClF5/c15-12-6-9(4-10(7-12)13(16)17)8-2-1-3-11(5-8)14(18,19)20/h1-7,13H. The van der Waals surface area contributed by atoms with Gasteiger partial charge in [-0.2, -0.15) is 13.2 Å². The lowest BCUT2D eigenvalue weighted by Gasteiger charge is -2.10. The van der Waals surface area contributed by atoms with Crippen molar-refractivity contribution in [2.24, 2.45) is 0 Å². The molecular weight excluding hydrogens is 299 g/mol. The minimum atomic E-state index is -4.49. The van der Waals surface area contributed by atoms with Crippen LogP contribution in [0.1, 0.15) is 17.6 Å². The first kappa shape index (κ1) is 14.8. The van der Waals surface area contributed by atoms with Gasteiger partial charge in [-0.1, -0.05) is 23.7 Å². The van der Waals surface area contributed by atoms with E-state index in [9.17, 15) is 22.0 Å². The molecule has 0 aliphatic carbocycles. The van der Waals surface area contributed by atoms with Gasteiger partial charge in [0.2, 0.25) is 0 Å². The zero-order valence-electron chi connectivity index (χ0n) is 9.89. The van der Waals surface area contributed by atoms with Gasteiger partial charge in [0.25, 0.3) is 6.43 Å². The summed E-state index contributed by atoms with van der Waals surface area (Å²) >= 11 is 5.72. The third-order valence-electron chi connectivity index (χ3n) is 2.70. The molecule has 0 fully saturated rings. The first-order chi connectivity index (χ1) is 9.27. The number of hydrogen-bond acceptors (Lipinski definition) is 0. The Balaban J connectivity index is 2.51. The van der Waals surface area contributed by atoms with E-state index in [2.05, 4.69) is 0 Å². The van der Waals surface area contributed by atoms with Crippen molar-refractivity contribution in [3.8, 4) is 11.1 Å². The number of hydrogen-bond donors (Lipinski definition) is 0. The van der Waals surface area contributed by atoms with Gasteiger partial charge >= 0.3 is 6.18 Å². The fraction of sp³-hybridized carbons (Fsp3) is 0.143. The minimum Gasteiger partial charge on any atom is -0.205 e. The molecule has 0 radical (unpaired) electrons. The Morgan fingerprint density at radius 1 is 0.900 bits per heavy atom. The van der Waals surface area contributed by atoms with Crippen molar-refractivity contribution in [3.63, 3.8) is 0 Å². The van der Waals surface area contributed by atoms with E-state index in [0.29, 0.717) is 0 Å². The van der Waals surface area contributed by atoms with Crippen LogP contribution in [0, 0.1) is 0 Å². The van der Waals surface area contributed by atoms with Gasteiger partial charge < -0.3 is 0 Å². The van der Waals surface area contributed by atoms with Crippen LogP contribution in [0.25, 0.3) is 11.1 Å². The normalized spacial score (nSPS) is 11.9. The van der Waals surface area contributed by atoms with Crippen LogP contribution in [0.2, 0.25) is 5.02 Å². The van der Waals surface area contributed by atoms with Crippen LogP contribution in [0.5, 0.6) is 0 Å². The van der Waals surface area contributed by atoms with Crippen molar-refractivity contribution in [1.29, 1.82) is 0 Å². The number of halogens is 6. The monoisotopic (exact) mass is 306 g/mol. The molecule has 0 spiro atoms. The topological polar surface area (TPSA) is 0 Å². The van der Waals surface area contributed by atoms with Crippen LogP contribution in [0.3, 0.4) is 0 Å². The molecule has 6 heteroatoms. The molecule has 0 atom stereocenters. The summed E-state index contributed by atoms with van der Waals surface area (Å²) in [5.74, 6) is 0. The third kappa shape index (κ3) is 3.28. The van der Waals surface area contributed by atoms with Crippen LogP contribution < -0.4 is 0 Å². The third-order valence-corrected chi connectivity index (χ3v) is 2.91. The summed E-state index contributed by atoms with van der Waals surface area (Å²) in [5, 5.41) is 0.0511. The van der Waals surface area contributed by atoms with E-state index < -0.39 is 18.2 Å². The maximum atomic E-state index is 12.7. The Hall–Kier alpha value is -1.62. The van der Waals surface area contributed by atoms with E-state index >= 15 is 0 Å². The average Bonchev–Trinajstić information content (AvgIpc) is 2.37. The number of benzene rings is 2. The molecular formula is C14H8ClF5. The molecule has 0 amide bonds. The first-order valence-electron chi connectivity index (χ1n) is 5.53. The van der Waals surface area contributed by atoms with Gasteiger partial charge in [0.05, 0.1) is 5.56 Å². The molecule has 0 aliphatic heterocycles. The van der Waals surface area contributed by atoms with Crippen molar-refractivity contribution >= 4 is 11.6 Å². The maximum absolute atomic E-state index is 12.7. The molecule has 20 heavy (non-hydrogen) atoms. The Kier molecular flexibility index (Phi) is 3.99. The Morgan fingerprint density at radius 3 is 2.20 bits per heavy atom. The van der Waals surface area contributed by atoms with Crippen LogP contribution >= 0.6 is 11.6 Å². The summed E-state index contributed by atoms with van der Waals surface area (Å²) < 4.78 is 63.2. The molecule has 0 unspecified atom stereocenters. The Morgan fingerprint density at radius 2 is 1.60 bits per heavy atom. The van der Waals surface area contributed by atoms with E-state index in [1.54, 1.807) is 0 Å². The van der Waals surface area contributed by atoms with Gasteiger partial charge in [-0.25, -0.2) is 8.78 Å². The fourth-order valence-corrected chi connectivity index (χ4v) is 2.02. The lowest BCUT2D eigenvalue weighted by Crippen LogP contribution is -2.04. The molecule has 0 saturated carbocycles. The van der Waals surface area contributed by atoms with Gasteiger partial charge in [0, 0.05) is 10.6 Å². The second kappa shape index (κ2) is 5.40. The van der Waals surface area contributed by atoms with Crippen LogP contribution in [0.15, 0.2) is 42.5 Å². The van der Waals surface area contributed by atoms with E-state index in [-0.39, 0.29) is 21.7 Å².